The number of amides is 1. The summed E-state index contributed by atoms with van der Waals surface area (Å²) < 4.78 is 0. The monoisotopic (exact) mass is 467 g/mol. The molecule has 10 heteroatoms. The molecule has 0 spiro atoms. The first kappa shape index (κ1) is 22.0. The molecule has 4 heterocycles. The van der Waals surface area contributed by atoms with Crippen LogP contribution in [0.2, 0.25) is 0 Å². The van der Waals surface area contributed by atoms with E-state index in [0.717, 1.165) is 52.4 Å². The zero-order chi connectivity index (χ0) is 22.8. The molecule has 0 unspecified atom stereocenters. The molecule has 0 radical (unpaired) electrons. The maximum Gasteiger partial charge on any atom is 0.237 e. The summed E-state index contributed by atoms with van der Waals surface area (Å²) in [7, 11) is 0. The van der Waals surface area contributed by atoms with Gasteiger partial charge in [0.1, 0.15) is 5.82 Å². The summed E-state index contributed by atoms with van der Waals surface area (Å²) in [6.07, 6.45) is 5.67. The van der Waals surface area contributed by atoms with Crippen LogP contribution >= 0.6 is 11.3 Å². The Balaban J connectivity index is 1.31. The molecule has 33 heavy (non-hydrogen) atoms. The van der Waals surface area contributed by atoms with E-state index in [1.54, 1.807) is 11.3 Å². The van der Waals surface area contributed by atoms with E-state index < -0.39 is 0 Å². The largest absolute Gasteiger partial charge is 0.395 e. The zero-order valence-electron chi connectivity index (χ0n) is 18.6. The van der Waals surface area contributed by atoms with Gasteiger partial charge < -0.3 is 26.0 Å². The summed E-state index contributed by atoms with van der Waals surface area (Å²) in [5.41, 5.74) is 0.872. The van der Waals surface area contributed by atoms with Gasteiger partial charge in [0.05, 0.1) is 18.7 Å². The van der Waals surface area contributed by atoms with Gasteiger partial charge in [0, 0.05) is 41.1 Å². The Kier molecular flexibility index (Phi) is 6.39. The number of para-hydroxylation sites is 1. The van der Waals surface area contributed by atoms with Crippen molar-refractivity contribution in [1.82, 2.24) is 25.2 Å². The molecule has 2 aliphatic rings. The van der Waals surface area contributed by atoms with Crippen molar-refractivity contribution in [3.8, 4) is 0 Å². The number of nitrogens with zero attached hydrogens (tertiary/aromatic N) is 4. The number of aliphatic hydroxyl groups excluding tert-OH is 1. The third-order valence-corrected chi connectivity index (χ3v) is 7.20. The van der Waals surface area contributed by atoms with Crippen molar-refractivity contribution in [2.45, 2.75) is 50.7 Å². The molecule has 0 aliphatic carbocycles. The van der Waals surface area contributed by atoms with Gasteiger partial charge in [0.25, 0.3) is 0 Å². The fraction of sp³-hybridized carbons (Fsp3) is 0.478. The molecule has 9 nitrogen and oxygen atoms in total. The molecule has 5 rings (SSSR count). The summed E-state index contributed by atoms with van der Waals surface area (Å²) in [6.45, 7) is 2.79. The fourth-order valence-electron chi connectivity index (χ4n) is 5.00. The lowest BCUT2D eigenvalue weighted by atomic mass is 9.97. The predicted molar refractivity (Wildman–Crippen MR) is 130 cm³/mol. The van der Waals surface area contributed by atoms with Crippen molar-refractivity contribution < 1.29 is 9.90 Å². The number of benzene rings is 1. The third-order valence-electron chi connectivity index (χ3n) is 6.37. The molecule has 1 aromatic carbocycles. The first-order valence-corrected chi connectivity index (χ1v) is 12.3. The van der Waals surface area contributed by atoms with Crippen LogP contribution in [-0.4, -0.2) is 68.7 Å². The fourth-order valence-corrected chi connectivity index (χ4v) is 5.66. The molecule has 2 saturated heterocycles. The Morgan fingerprint density at radius 1 is 1.21 bits per heavy atom. The smallest absolute Gasteiger partial charge is 0.237 e. The van der Waals surface area contributed by atoms with Crippen LogP contribution in [0.4, 0.5) is 16.9 Å². The van der Waals surface area contributed by atoms with Crippen molar-refractivity contribution in [1.29, 1.82) is 0 Å². The van der Waals surface area contributed by atoms with E-state index in [1.807, 2.05) is 37.4 Å². The van der Waals surface area contributed by atoms with Crippen LogP contribution < -0.4 is 16.0 Å². The van der Waals surface area contributed by atoms with Gasteiger partial charge in [-0.3, -0.25) is 4.79 Å². The van der Waals surface area contributed by atoms with E-state index in [4.69, 9.17) is 15.1 Å². The molecule has 0 saturated carbocycles. The summed E-state index contributed by atoms with van der Waals surface area (Å²) in [4.78, 5) is 29.8. The maximum atomic E-state index is 12.7. The number of aromatic nitrogens is 3. The standard InChI is InChI=1S/C23H29N7O2S/c1-14-12-25-23(33-14)29-21-18-4-2-3-5-19(18)27-22(28-21)26-15-10-16-6-7-17(11-15)30(16)20(32)13-24-8-9-31/h2-5,12,15-17,24,31H,6-11,13H2,1H3,(H2,25,26,27,28,29)/t15-,16-,17+. The highest BCUT2D eigenvalue weighted by atomic mass is 32.1. The molecule has 2 bridgehead atoms. The molecule has 3 atom stereocenters. The Hall–Kier alpha value is -2.82. The second-order valence-electron chi connectivity index (χ2n) is 8.71. The molecule has 1 amide bonds. The van der Waals surface area contributed by atoms with Gasteiger partial charge >= 0.3 is 0 Å². The topological polar surface area (TPSA) is 115 Å². The Bertz CT molecular complexity index is 1120. The van der Waals surface area contributed by atoms with Crippen LogP contribution in [0.25, 0.3) is 10.9 Å². The van der Waals surface area contributed by atoms with Gasteiger partial charge in [-0.05, 0) is 44.7 Å². The van der Waals surface area contributed by atoms with Gasteiger partial charge in [0.2, 0.25) is 11.9 Å². The Morgan fingerprint density at radius 3 is 2.73 bits per heavy atom. The number of carbonyl (C=O) groups excluding carboxylic acids is 1. The number of hydrogen-bond donors (Lipinski definition) is 4. The van der Waals surface area contributed by atoms with Crippen molar-refractivity contribution in [3.05, 3.63) is 35.3 Å². The first-order valence-electron chi connectivity index (χ1n) is 11.5. The second kappa shape index (κ2) is 9.58. The zero-order valence-corrected chi connectivity index (χ0v) is 19.4. The molecule has 3 aromatic rings. The van der Waals surface area contributed by atoms with Crippen LogP contribution in [0.15, 0.2) is 30.5 Å². The first-order chi connectivity index (χ1) is 16.1. The van der Waals surface area contributed by atoms with Crippen molar-refractivity contribution in [2.24, 2.45) is 0 Å². The van der Waals surface area contributed by atoms with Gasteiger partial charge in [-0.1, -0.05) is 12.1 Å². The number of fused-ring (bicyclic) bond motifs is 3. The highest BCUT2D eigenvalue weighted by molar-refractivity contribution is 7.15. The lowest BCUT2D eigenvalue weighted by Crippen LogP contribution is -2.52. The molecular formula is C23H29N7O2S. The Labute approximate surface area is 196 Å². The van der Waals surface area contributed by atoms with E-state index in [1.165, 1.54) is 0 Å². The van der Waals surface area contributed by atoms with Crippen LogP contribution in [0.3, 0.4) is 0 Å². The quantitative estimate of drug-likeness (QED) is 0.374. The van der Waals surface area contributed by atoms with Crippen molar-refractivity contribution in [3.63, 3.8) is 0 Å². The summed E-state index contributed by atoms with van der Waals surface area (Å²) in [5.74, 6) is 1.46. The van der Waals surface area contributed by atoms with E-state index in [2.05, 4.69) is 25.8 Å². The minimum absolute atomic E-state index is 0.0386. The van der Waals surface area contributed by atoms with Gasteiger partial charge in [-0.25, -0.2) is 9.97 Å². The molecule has 2 aliphatic heterocycles. The van der Waals surface area contributed by atoms with Crippen molar-refractivity contribution >= 4 is 45.0 Å². The lowest BCUT2D eigenvalue weighted by molar-refractivity contribution is -0.134. The SMILES string of the molecule is Cc1cnc(Nc2nc(N[C@@H]3C[C@H]4CC[C@@H](C3)N4C(=O)CNCCO)nc3ccccc23)s1. The number of nitrogens with one attached hydrogen (secondary N) is 3. The molecule has 2 fully saturated rings. The minimum atomic E-state index is 0.0386. The highest BCUT2D eigenvalue weighted by Crippen LogP contribution is 2.37. The van der Waals surface area contributed by atoms with Gasteiger partial charge in [-0.15, -0.1) is 11.3 Å². The summed E-state index contributed by atoms with van der Waals surface area (Å²) >= 11 is 1.59. The van der Waals surface area contributed by atoms with E-state index in [0.29, 0.717) is 12.5 Å². The number of aryl methyl sites for hydroxylation is 1. The molecule has 174 valence electrons. The maximum absolute atomic E-state index is 12.7. The van der Waals surface area contributed by atoms with Crippen molar-refractivity contribution in [2.75, 3.05) is 30.3 Å². The number of thiazole rings is 1. The number of rotatable bonds is 8. The van der Waals surface area contributed by atoms with Crippen LogP contribution in [0.1, 0.15) is 30.6 Å². The average molecular weight is 468 g/mol. The molecule has 4 N–H and O–H groups in total. The number of piperidine rings is 1. The van der Waals surface area contributed by atoms with Crippen LogP contribution in [-0.2, 0) is 4.79 Å². The summed E-state index contributed by atoms with van der Waals surface area (Å²) in [6, 6.07) is 8.65. The number of hydrogen-bond acceptors (Lipinski definition) is 9. The van der Waals surface area contributed by atoms with Crippen LogP contribution in [0.5, 0.6) is 0 Å². The summed E-state index contributed by atoms with van der Waals surface area (Å²) in [5, 5.41) is 20.6. The van der Waals surface area contributed by atoms with E-state index in [9.17, 15) is 4.79 Å². The minimum Gasteiger partial charge on any atom is -0.395 e. The van der Waals surface area contributed by atoms with E-state index in [-0.39, 0.29) is 37.2 Å². The Morgan fingerprint density at radius 2 is 2.00 bits per heavy atom. The number of carbonyl (C=O) groups is 1. The lowest BCUT2D eigenvalue weighted by Gasteiger charge is -2.39. The van der Waals surface area contributed by atoms with Gasteiger partial charge in [-0.2, -0.15) is 4.98 Å². The predicted octanol–water partition coefficient (Wildman–Crippen LogP) is 2.65. The van der Waals surface area contributed by atoms with E-state index >= 15 is 0 Å². The second-order valence-corrected chi connectivity index (χ2v) is 9.95. The van der Waals surface area contributed by atoms with Crippen LogP contribution in [0, 0.1) is 6.92 Å². The molecule has 2 aromatic heterocycles. The van der Waals surface area contributed by atoms with Gasteiger partial charge in [0.15, 0.2) is 5.13 Å². The normalized spacial score (nSPS) is 22.0. The average Bonchev–Trinajstić information content (AvgIpc) is 3.33. The number of aliphatic hydroxyl groups is 1. The molecular weight excluding hydrogens is 438 g/mol. The number of anilines is 3. The third kappa shape index (κ3) is 4.78. The highest BCUT2D eigenvalue weighted by Gasteiger charge is 2.43.